The van der Waals surface area contributed by atoms with E-state index < -0.39 is 67.2 Å². The Morgan fingerprint density at radius 1 is 0.630 bits per heavy atom. The van der Waals surface area contributed by atoms with Gasteiger partial charge in [0, 0.05) is 34.6 Å². The molecule has 1 rings (SSSR count). The zero-order valence-electron chi connectivity index (χ0n) is 15.6. The Hall–Kier alpha value is -2.69. The summed E-state index contributed by atoms with van der Waals surface area (Å²) in [6.45, 7) is 5.13. The quantitative estimate of drug-likeness (QED) is 0.433. The molecule has 0 spiro atoms. The molecule has 1 heterocycles. The van der Waals surface area contributed by atoms with Crippen molar-refractivity contribution in [1.29, 1.82) is 0 Å². The predicted octanol–water partition coefficient (Wildman–Crippen LogP) is -0.367. The fourth-order valence-electron chi connectivity index (χ4n) is 2.45. The van der Waals surface area contributed by atoms with Gasteiger partial charge in [-0.1, -0.05) is 0 Å². The Balaban J connectivity index is 3.29. The van der Waals surface area contributed by atoms with Crippen molar-refractivity contribution in [3.63, 3.8) is 0 Å². The van der Waals surface area contributed by atoms with E-state index in [1.54, 1.807) is 0 Å². The van der Waals surface area contributed by atoms with Crippen LogP contribution in [0.15, 0.2) is 0 Å². The Morgan fingerprint density at radius 3 is 1.52 bits per heavy atom. The zero-order valence-corrected chi connectivity index (χ0v) is 15.6. The lowest BCUT2D eigenvalue weighted by Gasteiger charge is -2.43. The summed E-state index contributed by atoms with van der Waals surface area (Å²) in [7, 11) is 0. The monoisotopic (exact) mass is 390 g/mol. The molecule has 5 atom stereocenters. The first-order valence-electron chi connectivity index (χ1n) is 7.99. The number of carbonyl (C=O) groups excluding carboxylic acids is 5. The van der Waals surface area contributed by atoms with Crippen molar-refractivity contribution in [1.82, 2.24) is 0 Å². The standard InChI is InChI=1S/C16H22O11/c1-7(17)22-6-12-13(23-8(2)18)14(24-9(3)19)15(25-10(4)20)16(27-12)26-11(5)21/h12-16H,6H2,1-5H3/t12?,13-,14-,15+,16+/m0/s1. The van der Waals surface area contributed by atoms with Crippen LogP contribution < -0.4 is 0 Å². The van der Waals surface area contributed by atoms with Gasteiger partial charge < -0.3 is 28.4 Å². The summed E-state index contributed by atoms with van der Waals surface area (Å²) in [5.74, 6) is -3.71. The molecular formula is C16H22O11. The number of ether oxygens (including phenoxy) is 6. The highest BCUT2D eigenvalue weighted by Gasteiger charge is 2.53. The van der Waals surface area contributed by atoms with Crippen LogP contribution in [-0.2, 0) is 52.4 Å². The minimum absolute atomic E-state index is 0.393. The van der Waals surface area contributed by atoms with Crippen molar-refractivity contribution >= 4 is 29.8 Å². The Labute approximate surface area is 155 Å². The molecule has 0 amide bonds. The molecule has 0 aromatic rings. The van der Waals surface area contributed by atoms with Crippen molar-refractivity contribution in [2.45, 2.75) is 65.3 Å². The predicted molar refractivity (Wildman–Crippen MR) is 83.7 cm³/mol. The molecule has 1 aliphatic rings. The van der Waals surface area contributed by atoms with Gasteiger partial charge in [0.05, 0.1) is 0 Å². The van der Waals surface area contributed by atoms with Crippen molar-refractivity contribution < 1.29 is 52.4 Å². The smallest absolute Gasteiger partial charge is 0.305 e. The van der Waals surface area contributed by atoms with Crippen molar-refractivity contribution in [3.05, 3.63) is 0 Å². The second-order valence-corrected chi connectivity index (χ2v) is 5.68. The summed E-state index contributed by atoms with van der Waals surface area (Å²) >= 11 is 0. The first-order valence-corrected chi connectivity index (χ1v) is 7.99. The molecule has 27 heavy (non-hydrogen) atoms. The Morgan fingerprint density at radius 2 is 1.07 bits per heavy atom. The molecule has 0 N–H and O–H groups in total. The molecule has 0 aromatic heterocycles. The molecule has 1 fully saturated rings. The molecule has 0 aromatic carbocycles. The summed E-state index contributed by atoms with van der Waals surface area (Å²) < 4.78 is 30.8. The van der Waals surface area contributed by atoms with Crippen LogP contribution >= 0.6 is 0 Å². The third kappa shape index (κ3) is 7.21. The van der Waals surface area contributed by atoms with E-state index in [9.17, 15) is 24.0 Å². The van der Waals surface area contributed by atoms with Crippen molar-refractivity contribution in [2.24, 2.45) is 0 Å². The van der Waals surface area contributed by atoms with Crippen LogP contribution in [0.4, 0.5) is 0 Å². The molecule has 11 nitrogen and oxygen atoms in total. The molecule has 1 saturated heterocycles. The SMILES string of the molecule is CC(=O)OCC1O[C@@H](OC(C)=O)[C@H](OC(C)=O)[C@@H](OC(C)=O)[C@H]1OC(C)=O. The van der Waals surface area contributed by atoms with Gasteiger partial charge >= 0.3 is 29.8 Å². The highest BCUT2D eigenvalue weighted by Crippen LogP contribution is 2.29. The average Bonchev–Trinajstić information content (AvgIpc) is 2.49. The topological polar surface area (TPSA) is 141 Å². The lowest BCUT2D eigenvalue weighted by molar-refractivity contribution is -0.300. The van der Waals surface area contributed by atoms with E-state index in [4.69, 9.17) is 28.4 Å². The first kappa shape index (κ1) is 22.4. The summed E-state index contributed by atoms with van der Waals surface area (Å²) in [4.78, 5) is 57.0. The third-order valence-corrected chi connectivity index (χ3v) is 3.23. The molecule has 1 unspecified atom stereocenters. The lowest BCUT2D eigenvalue weighted by atomic mass is 9.98. The second-order valence-electron chi connectivity index (χ2n) is 5.68. The largest absolute Gasteiger partial charge is 0.463 e. The minimum Gasteiger partial charge on any atom is -0.463 e. The fourth-order valence-corrected chi connectivity index (χ4v) is 2.45. The van der Waals surface area contributed by atoms with Gasteiger partial charge in [-0.25, -0.2) is 0 Å². The van der Waals surface area contributed by atoms with E-state index >= 15 is 0 Å². The summed E-state index contributed by atoms with van der Waals surface area (Å²) in [5, 5.41) is 0. The Kier molecular flexibility index (Phi) is 8.16. The van der Waals surface area contributed by atoms with Crippen LogP contribution in [0, 0.1) is 0 Å². The number of rotatable bonds is 6. The average molecular weight is 390 g/mol. The number of carbonyl (C=O) groups is 5. The zero-order chi connectivity index (χ0) is 20.7. The van der Waals surface area contributed by atoms with Crippen LogP contribution in [0.1, 0.15) is 34.6 Å². The number of hydrogen-bond acceptors (Lipinski definition) is 11. The van der Waals surface area contributed by atoms with E-state index in [-0.39, 0.29) is 0 Å². The molecule has 152 valence electrons. The Bertz CT molecular complexity index is 599. The van der Waals surface area contributed by atoms with Crippen LogP contribution in [-0.4, -0.2) is 67.2 Å². The van der Waals surface area contributed by atoms with E-state index in [0.29, 0.717) is 0 Å². The lowest BCUT2D eigenvalue weighted by Crippen LogP contribution is -2.63. The van der Waals surface area contributed by atoms with Crippen LogP contribution in [0.25, 0.3) is 0 Å². The van der Waals surface area contributed by atoms with Gasteiger partial charge in [-0.15, -0.1) is 0 Å². The van der Waals surface area contributed by atoms with Crippen LogP contribution in [0.3, 0.4) is 0 Å². The molecule has 0 radical (unpaired) electrons. The summed E-state index contributed by atoms with van der Waals surface area (Å²) in [5.41, 5.74) is 0. The van der Waals surface area contributed by atoms with Crippen LogP contribution in [0.5, 0.6) is 0 Å². The minimum atomic E-state index is -1.48. The van der Waals surface area contributed by atoms with Crippen molar-refractivity contribution in [2.75, 3.05) is 6.61 Å². The van der Waals surface area contributed by atoms with Gasteiger partial charge in [0.25, 0.3) is 0 Å². The van der Waals surface area contributed by atoms with Gasteiger partial charge in [-0.2, -0.15) is 0 Å². The first-order chi connectivity index (χ1) is 12.5. The fraction of sp³-hybridized carbons (Fsp3) is 0.688. The van der Waals surface area contributed by atoms with E-state index in [0.717, 1.165) is 34.6 Å². The van der Waals surface area contributed by atoms with Crippen molar-refractivity contribution in [3.8, 4) is 0 Å². The highest BCUT2D eigenvalue weighted by molar-refractivity contribution is 5.69. The molecule has 1 aliphatic heterocycles. The second kappa shape index (κ2) is 9.86. The van der Waals surface area contributed by atoms with Gasteiger partial charge in [0.1, 0.15) is 12.7 Å². The van der Waals surface area contributed by atoms with Gasteiger partial charge in [-0.05, 0) is 0 Å². The van der Waals surface area contributed by atoms with Gasteiger partial charge in [0.15, 0.2) is 12.2 Å². The van der Waals surface area contributed by atoms with Gasteiger partial charge in [-0.3, -0.25) is 24.0 Å². The maximum atomic E-state index is 11.5. The number of hydrogen-bond donors (Lipinski definition) is 0. The van der Waals surface area contributed by atoms with E-state index in [1.165, 1.54) is 0 Å². The number of esters is 5. The summed E-state index contributed by atoms with van der Waals surface area (Å²) in [6, 6.07) is 0. The maximum Gasteiger partial charge on any atom is 0.305 e. The van der Waals surface area contributed by atoms with E-state index in [2.05, 4.69) is 0 Å². The van der Waals surface area contributed by atoms with Gasteiger partial charge in [0.2, 0.25) is 12.4 Å². The van der Waals surface area contributed by atoms with Crippen LogP contribution in [0.2, 0.25) is 0 Å². The summed E-state index contributed by atoms with van der Waals surface area (Å²) in [6.07, 6.45) is -6.70. The third-order valence-electron chi connectivity index (χ3n) is 3.23. The molecule has 0 saturated carbocycles. The molecule has 0 aliphatic carbocycles. The molecular weight excluding hydrogens is 368 g/mol. The molecule has 11 heteroatoms. The van der Waals surface area contributed by atoms with E-state index in [1.807, 2.05) is 0 Å². The molecule has 0 bridgehead atoms. The maximum absolute atomic E-state index is 11.5. The normalized spacial score (nSPS) is 27.1. The highest BCUT2D eigenvalue weighted by atomic mass is 16.7.